The normalized spacial score (nSPS) is 11.0. The van der Waals surface area contributed by atoms with E-state index in [0.29, 0.717) is 5.75 Å². The van der Waals surface area contributed by atoms with Crippen molar-refractivity contribution >= 4 is 37.6 Å². The van der Waals surface area contributed by atoms with Crippen molar-refractivity contribution in [1.29, 1.82) is 0 Å². The number of halogens is 1. The lowest BCUT2D eigenvalue weighted by Gasteiger charge is -2.22. The Morgan fingerprint density at radius 2 is 1.70 bits per heavy atom. The minimum Gasteiger partial charge on any atom is -0.497 e. The highest BCUT2D eigenvalue weighted by Crippen LogP contribution is 2.26. The quantitative estimate of drug-likeness (QED) is 0.806. The fraction of sp³-hybridized carbons (Fsp3) is 0.133. The number of carboxylic acids is 1. The van der Waals surface area contributed by atoms with Gasteiger partial charge in [-0.25, -0.2) is 8.42 Å². The number of anilines is 1. The highest BCUT2D eigenvalue weighted by atomic mass is 79.9. The maximum atomic E-state index is 12.8. The molecule has 2 rings (SSSR count). The molecular weight excluding hydrogens is 386 g/mol. The van der Waals surface area contributed by atoms with E-state index in [9.17, 15) is 13.2 Å². The maximum absolute atomic E-state index is 12.8. The number of hydrogen-bond acceptors (Lipinski definition) is 4. The summed E-state index contributed by atoms with van der Waals surface area (Å²) < 4.78 is 32.1. The molecule has 0 spiro atoms. The first kappa shape index (κ1) is 17.3. The van der Waals surface area contributed by atoms with Gasteiger partial charge in [0.2, 0.25) is 0 Å². The first-order valence-corrected chi connectivity index (χ1v) is 8.72. The Morgan fingerprint density at radius 3 is 2.17 bits per heavy atom. The number of carbonyl (C=O) groups is 1. The summed E-state index contributed by atoms with van der Waals surface area (Å²) in [5, 5.41) is 9.06. The Balaban J connectivity index is 2.47. The second kappa shape index (κ2) is 7.01. The number of methoxy groups -OCH3 is 1. The molecular formula is C15H14BrNO5S. The van der Waals surface area contributed by atoms with E-state index >= 15 is 0 Å². The SMILES string of the molecule is COc1ccc(S(=O)(=O)N(CC(=O)O)c2ccc(Br)cc2)cc1. The Bertz CT molecular complexity index is 788. The van der Waals surface area contributed by atoms with E-state index in [1.165, 1.54) is 43.5 Å². The van der Waals surface area contributed by atoms with Crippen LogP contribution in [0.1, 0.15) is 0 Å². The second-order valence-corrected chi connectivity index (χ2v) is 7.34. The van der Waals surface area contributed by atoms with E-state index in [1.54, 1.807) is 12.1 Å². The van der Waals surface area contributed by atoms with Gasteiger partial charge >= 0.3 is 5.97 Å². The van der Waals surface area contributed by atoms with Crippen molar-refractivity contribution in [2.24, 2.45) is 0 Å². The summed E-state index contributed by atoms with van der Waals surface area (Å²) in [6, 6.07) is 12.1. The minimum atomic E-state index is -4.01. The topological polar surface area (TPSA) is 83.9 Å². The molecule has 8 heteroatoms. The van der Waals surface area contributed by atoms with Gasteiger partial charge in [0, 0.05) is 4.47 Å². The molecule has 0 atom stereocenters. The van der Waals surface area contributed by atoms with E-state index in [4.69, 9.17) is 9.84 Å². The number of nitrogens with zero attached hydrogens (tertiary/aromatic N) is 1. The van der Waals surface area contributed by atoms with E-state index in [1.807, 2.05) is 0 Å². The second-order valence-electron chi connectivity index (χ2n) is 4.56. The molecule has 0 fully saturated rings. The summed E-state index contributed by atoms with van der Waals surface area (Å²) in [5.74, 6) is -0.734. The average Bonchev–Trinajstić information content (AvgIpc) is 2.53. The zero-order valence-corrected chi connectivity index (χ0v) is 14.5. The third-order valence-electron chi connectivity index (χ3n) is 3.04. The molecule has 0 aliphatic carbocycles. The standard InChI is InChI=1S/C15H14BrNO5S/c1-22-13-6-8-14(9-7-13)23(20,21)17(10-15(18)19)12-4-2-11(16)3-5-12/h2-9H,10H2,1H3,(H,18,19). The van der Waals surface area contributed by atoms with Crippen molar-refractivity contribution in [2.45, 2.75) is 4.90 Å². The molecule has 0 unspecified atom stereocenters. The lowest BCUT2D eigenvalue weighted by molar-refractivity contribution is -0.135. The van der Waals surface area contributed by atoms with Crippen molar-refractivity contribution in [3.63, 3.8) is 0 Å². The largest absolute Gasteiger partial charge is 0.497 e. The van der Waals surface area contributed by atoms with Gasteiger partial charge in [-0.2, -0.15) is 0 Å². The first-order chi connectivity index (χ1) is 10.8. The van der Waals surface area contributed by atoms with Crippen LogP contribution in [0.2, 0.25) is 0 Å². The Hall–Kier alpha value is -2.06. The summed E-state index contributed by atoms with van der Waals surface area (Å²) >= 11 is 3.26. The summed E-state index contributed by atoms with van der Waals surface area (Å²) in [7, 11) is -2.53. The van der Waals surface area contributed by atoms with E-state index < -0.39 is 22.5 Å². The average molecular weight is 400 g/mol. The van der Waals surface area contributed by atoms with Crippen LogP contribution in [0.5, 0.6) is 5.75 Å². The summed E-state index contributed by atoms with van der Waals surface area (Å²) in [6.45, 7) is -0.671. The lowest BCUT2D eigenvalue weighted by atomic mass is 10.3. The molecule has 6 nitrogen and oxygen atoms in total. The molecule has 2 aromatic carbocycles. The van der Waals surface area contributed by atoms with Crippen LogP contribution in [0.4, 0.5) is 5.69 Å². The molecule has 0 aliphatic heterocycles. The van der Waals surface area contributed by atoms with E-state index in [2.05, 4.69) is 15.9 Å². The molecule has 0 amide bonds. The fourth-order valence-electron chi connectivity index (χ4n) is 1.92. The third kappa shape index (κ3) is 4.02. The predicted molar refractivity (Wildman–Crippen MR) is 89.3 cm³/mol. The molecule has 122 valence electrons. The number of hydrogen-bond donors (Lipinski definition) is 1. The Kier molecular flexibility index (Phi) is 5.27. The highest BCUT2D eigenvalue weighted by Gasteiger charge is 2.27. The van der Waals surface area contributed by atoms with Gasteiger partial charge in [-0.05, 0) is 48.5 Å². The van der Waals surface area contributed by atoms with Crippen molar-refractivity contribution < 1.29 is 23.1 Å². The van der Waals surface area contributed by atoms with E-state index in [-0.39, 0.29) is 10.6 Å². The van der Waals surface area contributed by atoms with Gasteiger partial charge in [-0.1, -0.05) is 15.9 Å². The molecule has 0 saturated carbocycles. The van der Waals surface area contributed by atoms with Gasteiger partial charge in [-0.15, -0.1) is 0 Å². The van der Waals surface area contributed by atoms with Crippen LogP contribution in [0, 0.1) is 0 Å². The number of ether oxygens (including phenoxy) is 1. The Labute approximate surface area is 142 Å². The van der Waals surface area contributed by atoms with Crippen molar-refractivity contribution in [2.75, 3.05) is 18.0 Å². The van der Waals surface area contributed by atoms with Crippen LogP contribution in [0.15, 0.2) is 57.9 Å². The molecule has 2 aromatic rings. The van der Waals surface area contributed by atoms with Gasteiger partial charge in [-0.3, -0.25) is 9.10 Å². The fourth-order valence-corrected chi connectivity index (χ4v) is 3.60. The highest BCUT2D eigenvalue weighted by molar-refractivity contribution is 9.10. The van der Waals surface area contributed by atoms with Crippen molar-refractivity contribution in [3.05, 3.63) is 53.0 Å². The van der Waals surface area contributed by atoms with Crippen LogP contribution < -0.4 is 9.04 Å². The smallest absolute Gasteiger partial charge is 0.324 e. The first-order valence-electron chi connectivity index (χ1n) is 6.49. The lowest BCUT2D eigenvalue weighted by Crippen LogP contribution is -2.35. The minimum absolute atomic E-state index is 0.0116. The van der Waals surface area contributed by atoms with Gasteiger partial charge in [0.05, 0.1) is 17.7 Å². The number of sulfonamides is 1. The van der Waals surface area contributed by atoms with Crippen molar-refractivity contribution in [1.82, 2.24) is 0 Å². The molecule has 0 aromatic heterocycles. The number of carboxylic acid groups (broad SMARTS) is 1. The van der Waals surface area contributed by atoms with Gasteiger partial charge in [0.15, 0.2) is 0 Å². The van der Waals surface area contributed by atoms with Gasteiger partial charge < -0.3 is 9.84 Å². The summed E-state index contributed by atoms with van der Waals surface area (Å²) in [4.78, 5) is 11.1. The summed E-state index contributed by atoms with van der Waals surface area (Å²) in [5.41, 5.74) is 0.270. The van der Waals surface area contributed by atoms with Crippen LogP contribution >= 0.6 is 15.9 Å². The van der Waals surface area contributed by atoms with Crippen LogP contribution in [0.25, 0.3) is 0 Å². The molecule has 0 heterocycles. The van der Waals surface area contributed by atoms with Crippen LogP contribution in [-0.2, 0) is 14.8 Å². The monoisotopic (exact) mass is 399 g/mol. The third-order valence-corrected chi connectivity index (χ3v) is 5.36. The zero-order chi connectivity index (χ0) is 17.0. The molecule has 0 saturated heterocycles. The zero-order valence-electron chi connectivity index (χ0n) is 12.1. The number of benzene rings is 2. The molecule has 23 heavy (non-hydrogen) atoms. The Morgan fingerprint density at radius 1 is 1.13 bits per heavy atom. The van der Waals surface area contributed by atoms with Crippen molar-refractivity contribution in [3.8, 4) is 5.75 Å². The van der Waals surface area contributed by atoms with Gasteiger partial charge in [0.1, 0.15) is 12.3 Å². The van der Waals surface area contributed by atoms with Crippen LogP contribution in [0.3, 0.4) is 0 Å². The number of aliphatic carboxylic acids is 1. The molecule has 1 N–H and O–H groups in total. The van der Waals surface area contributed by atoms with Gasteiger partial charge in [0.25, 0.3) is 10.0 Å². The van der Waals surface area contributed by atoms with Crippen LogP contribution in [-0.4, -0.2) is 33.1 Å². The molecule has 0 bridgehead atoms. The predicted octanol–water partition coefficient (Wildman–Crippen LogP) is 2.74. The summed E-state index contributed by atoms with van der Waals surface area (Å²) in [6.07, 6.45) is 0. The molecule has 0 aliphatic rings. The maximum Gasteiger partial charge on any atom is 0.324 e. The van der Waals surface area contributed by atoms with E-state index in [0.717, 1.165) is 8.78 Å². The number of rotatable bonds is 6. The molecule has 0 radical (unpaired) electrons.